The first-order valence-electron chi connectivity index (χ1n) is 6.80. The Labute approximate surface area is 120 Å². The van der Waals surface area contributed by atoms with Gasteiger partial charge in [-0.2, -0.15) is 5.10 Å². The van der Waals surface area contributed by atoms with E-state index in [0.717, 1.165) is 12.8 Å². The average Bonchev–Trinajstić information content (AvgIpc) is 2.97. The Morgan fingerprint density at radius 1 is 1.48 bits per heavy atom. The second kappa shape index (κ2) is 5.47. The molecule has 21 heavy (non-hydrogen) atoms. The highest BCUT2D eigenvalue weighted by Gasteiger charge is 2.26. The first-order chi connectivity index (χ1) is 10.2. The zero-order chi connectivity index (χ0) is 14.8. The fourth-order valence-electron chi connectivity index (χ4n) is 1.88. The van der Waals surface area contributed by atoms with Crippen molar-refractivity contribution >= 4 is 11.5 Å². The maximum Gasteiger partial charge on any atom is 0.341 e. The topological polar surface area (TPSA) is 107 Å². The van der Waals surface area contributed by atoms with Crippen molar-refractivity contribution in [3.05, 3.63) is 17.6 Å². The van der Waals surface area contributed by atoms with E-state index in [0.29, 0.717) is 41.1 Å². The quantitative estimate of drug-likeness (QED) is 0.656. The molecule has 0 bridgehead atoms. The standard InChI is InChI=1S/C13H15N5O3/c1-3-20-13(19)9(6-8-4-5-8)11-14-12(16-15-11)10-7(2)17-21-18-10/h6,8H,3-5H2,1-2H3,(H,14,15,16)/b9-6-. The minimum absolute atomic E-state index is 0.303. The lowest BCUT2D eigenvalue weighted by Crippen LogP contribution is -2.08. The van der Waals surface area contributed by atoms with Gasteiger partial charge in [-0.05, 0) is 37.8 Å². The largest absolute Gasteiger partial charge is 0.462 e. The Morgan fingerprint density at radius 2 is 2.29 bits per heavy atom. The van der Waals surface area contributed by atoms with Crippen molar-refractivity contribution in [3.8, 4) is 11.5 Å². The highest BCUT2D eigenvalue weighted by molar-refractivity contribution is 6.15. The maximum absolute atomic E-state index is 12.0. The summed E-state index contributed by atoms with van der Waals surface area (Å²) in [6.45, 7) is 3.82. The van der Waals surface area contributed by atoms with Gasteiger partial charge in [0.25, 0.3) is 0 Å². The highest BCUT2D eigenvalue weighted by Crippen LogP contribution is 2.33. The number of aromatic nitrogens is 5. The first kappa shape index (κ1) is 13.5. The number of H-pyrrole nitrogens is 1. The van der Waals surface area contributed by atoms with Crippen LogP contribution in [0, 0.1) is 12.8 Å². The minimum atomic E-state index is -0.412. The Bertz CT molecular complexity index is 684. The smallest absolute Gasteiger partial charge is 0.341 e. The number of ether oxygens (including phenoxy) is 1. The molecule has 1 saturated carbocycles. The van der Waals surface area contributed by atoms with E-state index in [1.165, 1.54) is 0 Å². The fourth-order valence-corrected chi connectivity index (χ4v) is 1.88. The number of hydrogen-bond acceptors (Lipinski definition) is 7. The third-order valence-corrected chi connectivity index (χ3v) is 3.12. The molecule has 2 aromatic rings. The third kappa shape index (κ3) is 2.83. The van der Waals surface area contributed by atoms with E-state index < -0.39 is 5.97 Å². The van der Waals surface area contributed by atoms with Crippen LogP contribution in [-0.4, -0.2) is 38.1 Å². The lowest BCUT2D eigenvalue weighted by molar-refractivity contribution is -0.136. The molecule has 0 unspecified atom stereocenters. The number of carbonyl (C=O) groups excluding carboxylic acids is 1. The van der Waals surface area contributed by atoms with Crippen molar-refractivity contribution in [2.45, 2.75) is 26.7 Å². The van der Waals surface area contributed by atoms with Gasteiger partial charge in [0, 0.05) is 0 Å². The zero-order valence-electron chi connectivity index (χ0n) is 11.8. The van der Waals surface area contributed by atoms with Gasteiger partial charge in [-0.15, -0.1) is 0 Å². The van der Waals surface area contributed by atoms with Gasteiger partial charge in [-0.1, -0.05) is 11.2 Å². The molecule has 1 aliphatic carbocycles. The fraction of sp³-hybridized carbons (Fsp3) is 0.462. The number of carbonyl (C=O) groups is 1. The van der Waals surface area contributed by atoms with Crippen molar-refractivity contribution in [2.24, 2.45) is 5.92 Å². The SMILES string of the molecule is CCOC(=O)/C(=C\C1CC1)c1n[nH]c(-c2nonc2C)n1. The van der Waals surface area contributed by atoms with Crippen LogP contribution < -0.4 is 0 Å². The molecule has 3 rings (SSSR count). The summed E-state index contributed by atoms with van der Waals surface area (Å²) in [5.74, 6) is 0.708. The summed E-state index contributed by atoms with van der Waals surface area (Å²) in [6, 6.07) is 0. The molecule has 2 aromatic heterocycles. The normalized spacial score (nSPS) is 15.2. The van der Waals surface area contributed by atoms with Crippen molar-refractivity contribution < 1.29 is 14.2 Å². The van der Waals surface area contributed by atoms with Crippen LogP contribution >= 0.6 is 0 Å². The summed E-state index contributed by atoms with van der Waals surface area (Å²) >= 11 is 0. The predicted molar refractivity (Wildman–Crippen MR) is 71.7 cm³/mol. The second-order valence-corrected chi connectivity index (χ2v) is 4.84. The molecule has 0 amide bonds. The van der Waals surface area contributed by atoms with Crippen LogP contribution in [0.4, 0.5) is 0 Å². The van der Waals surface area contributed by atoms with E-state index in [-0.39, 0.29) is 0 Å². The van der Waals surface area contributed by atoms with E-state index in [1.807, 2.05) is 6.08 Å². The first-order valence-corrected chi connectivity index (χ1v) is 6.80. The van der Waals surface area contributed by atoms with Gasteiger partial charge in [0.1, 0.15) is 11.3 Å². The number of allylic oxidation sites excluding steroid dienone is 1. The number of rotatable bonds is 5. The molecule has 1 fully saturated rings. The molecular weight excluding hydrogens is 274 g/mol. The maximum atomic E-state index is 12.0. The molecule has 0 radical (unpaired) electrons. The second-order valence-electron chi connectivity index (χ2n) is 4.84. The zero-order valence-corrected chi connectivity index (χ0v) is 11.8. The van der Waals surface area contributed by atoms with Crippen molar-refractivity contribution in [1.29, 1.82) is 0 Å². The van der Waals surface area contributed by atoms with Gasteiger partial charge in [0.05, 0.1) is 6.61 Å². The molecule has 8 heteroatoms. The number of nitrogens with zero attached hydrogens (tertiary/aromatic N) is 4. The minimum Gasteiger partial charge on any atom is -0.462 e. The summed E-state index contributed by atoms with van der Waals surface area (Å²) in [5.41, 5.74) is 1.46. The summed E-state index contributed by atoms with van der Waals surface area (Å²) in [7, 11) is 0. The van der Waals surface area contributed by atoms with E-state index in [9.17, 15) is 4.79 Å². The molecular formula is C13H15N5O3. The lowest BCUT2D eigenvalue weighted by atomic mass is 10.2. The molecule has 2 heterocycles. The summed E-state index contributed by atoms with van der Waals surface area (Å²) < 4.78 is 9.70. The Balaban J connectivity index is 1.92. The van der Waals surface area contributed by atoms with E-state index in [1.54, 1.807) is 13.8 Å². The third-order valence-electron chi connectivity index (χ3n) is 3.12. The summed E-state index contributed by atoms with van der Waals surface area (Å²) in [6.07, 6.45) is 4.03. The molecule has 0 aromatic carbocycles. The van der Waals surface area contributed by atoms with Crippen molar-refractivity contribution in [3.63, 3.8) is 0 Å². The van der Waals surface area contributed by atoms with E-state index in [4.69, 9.17) is 4.74 Å². The number of aromatic amines is 1. The Hall–Kier alpha value is -2.51. The monoisotopic (exact) mass is 289 g/mol. The van der Waals surface area contributed by atoms with Crippen molar-refractivity contribution in [1.82, 2.24) is 25.5 Å². The number of aryl methyl sites for hydroxylation is 1. The van der Waals surface area contributed by atoms with Gasteiger partial charge in [-0.25, -0.2) is 14.4 Å². The summed E-state index contributed by atoms with van der Waals surface area (Å²) in [5, 5.41) is 14.3. The van der Waals surface area contributed by atoms with Crippen LogP contribution in [-0.2, 0) is 9.53 Å². The molecule has 110 valence electrons. The van der Waals surface area contributed by atoms with E-state index >= 15 is 0 Å². The molecule has 8 nitrogen and oxygen atoms in total. The molecule has 0 aliphatic heterocycles. The van der Waals surface area contributed by atoms with Crippen LogP contribution in [0.25, 0.3) is 17.1 Å². The van der Waals surface area contributed by atoms with Crippen LogP contribution in [0.15, 0.2) is 10.7 Å². The van der Waals surface area contributed by atoms with Gasteiger partial charge >= 0.3 is 5.97 Å². The predicted octanol–water partition coefficient (Wildman–Crippen LogP) is 1.52. The van der Waals surface area contributed by atoms with Crippen LogP contribution in [0.2, 0.25) is 0 Å². The molecule has 0 saturated heterocycles. The van der Waals surface area contributed by atoms with Gasteiger partial charge in [0.15, 0.2) is 17.3 Å². The Morgan fingerprint density at radius 3 is 2.90 bits per heavy atom. The lowest BCUT2D eigenvalue weighted by Gasteiger charge is -2.02. The average molecular weight is 289 g/mol. The molecule has 0 spiro atoms. The van der Waals surface area contributed by atoms with Crippen LogP contribution in [0.5, 0.6) is 0 Å². The van der Waals surface area contributed by atoms with Gasteiger partial charge in [-0.3, -0.25) is 5.10 Å². The summed E-state index contributed by atoms with van der Waals surface area (Å²) in [4.78, 5) is 16.3. The Kier molecular flexibility index (Phi) is 3.51. The highest BCUT2D eigenvalue weighted by atomic mass is 16.6. The number of hydrogen-bond donors (Lipinski definition) is 1. The number of nitrogens with one attached hydrogen (secondary N) is 1. The molecule has 0 atom stereocenters. The van der Waals surface area contributed by atoms with Crippen LogP contribution in [0.3, 0.4) is 0 Å². The van der Waals surface area contributed by atoms with Gasteiger partial charge in [0.2, 0.25) is 0 Å². The van der Waals surface area contributed by atoms with Gasteiger partial charge < -0.3 is 4.74 Å². The number of esters is 1. The molecule has 1 aliphatic rings. The molecule has 1 N–H and O–H groups in total. The van der Waals surface area contributed by atoms with Crippen LogP contribution in [0.1, 0.15) is 31.3 Å². The van der Waals surface area contributed by atoms with Crippen molar-refractivity contribution in [2.75, 3.05) is 6.61 Å². The van der Waals surface area contributed by atoms with E-state index in [2.05, 4.69) is 30.1 Å².